The Bertz CT molecular complexity index is 472. The lowest BCUT2D eigenvalue weighted by atomic mass is 9.95. The summed E-state index contributed by atoms with van der Waals surface area (Å²) in [6, 6.07) is 9.93. The highest BCUT2D eigenvalue weighted by molar-refractivity contribution is 5.83. The molecule has 0 heterocycles. The molecule has 2 aromatic carbocycles. The van der Waals surface area contributed by atoms with Crippen LogP contribution in [0.5, 0.6) is 5.75 Å². The maximum Gasteiger partial charge on any atom is 0.123 e. The summed E-state index contributed by atoms with van der Waals surface area (Å²) in [6.45, 7) is 0. The van der Waals surface area contributed by atoms with Gasteiger partial charge in [0.25, 0.3) is 0 Å². The number of rotatable bonds is 0. The van der Waals surface area contributed by atoms with Gasteiger partial charge in [0.15, 0.2) is 0 Å². The summed E-state index contributed by atoms with van der Waals surface area (Å²) in [5, 5.41) is 10.7. The molecule has 2 nitrogen and oxygen atoms in total. The number of phenolic OH excluding ortho intramolecular Hbond substituents is 1. The third-order valence-corrected chi connectivity index (χ3v) is 2.94. The summed E-state index contributed by atoms with van der Waals surface area (Å²) in [5.41, 5.74) is 5.38. The minimum Gasteiger partial charge on any atom is -0.508 e. The molecule has 1 fully saturated rings. The third kappa shape index (κ3) is 3.17. The lowest BCUT2D eigenvalue weighted by Gasteiger charge is -2.18. The molecule has 1 aliphatic rings. The molecule has 0 amide bonds. The Morgan fingerprint density at radius 2 is 1.71 bits per heavy atom. The van der Waals surface area contributed by atoms with Crippen molar-refractivity contribution < 1.29 is 9.50 Å². The summed E-state index contributed by atoms with van der Waals surface area (Å²) < 4.78 is 12.7. The summed E-state index contributed by atoms with van der Waals surface area (Å²) in [7, 11) is 0. The number of hydrogen-bond donors (Lipinski definition) is 2. The van der Waals surface area contributed by atoms with Gasteiger partial charge in [0.1, 0.15) is 11.6 Å². The summed E-state index contributed by atoms with van der Waals surface area (Å²) >= 11 is 0. The molecule has 0 aromatic heterocycles. The molecule has 0 atom stereocenters. The second kappa shape index (κ2) is 5.15. The number of fused-ring (bicyclic) bond motifs is 1. The van der Waals surface area contributed by atoms with Crippen LogP contribution in [-0.2, 0) is 0 Å². The van der Waals surface area contributed by atoms with E-state index in [1.165, 1.54) is 31.4 Å². The summed E-state index contributed by atoms with van der Waals surface area (Å²) in [4.78, 5) is 0. The molecule has 17 heavy (non-hydrogen) atoms. The molecule has 2 aromatic rings. The number of phenols is 1. The van der Waals surface area contributed by atoms with E-state index in [1.54, 1.807) is 24.3 Å². The number of benzene rings is 2. The van der Waals surface area contributed by atoms with Crippen molar-refractivity contribution in [3.8, 4) is 5.75 Å². The summed E-state index contributed by atoms with van der Waals surface area (Å²) in [6.07, 6.45) is 3.89. The summed E-state index contributed by atoms with van der Waals surface area (Å²) in [5.74, 6) is -0.124. The Balaban J connectivity index is 0.000000181. The van der Waals surface area contributed by atoms with Gasteiger partial charge in [-0.25, -0.2) is 4.39 Å². The van der Waals surface area contributed by atoms with Crippen molar-refractivity contribution in [3.05, 3.63) is 42.2 Å². The van der Waals surface area contributed by atoms with Crippen molar-refractivity contribution in [2.45, 2.75) is 25.3 Å². The number of halogens is 1. The smallest absolute Gasteiger partial charge is 0.123 e. The Morgan fingerprint density at radius 1 is 1.06 bits per heavy atom. The van der Waals surface area contributed by atoms with Crippen LogP contribution >= 0.6 is 0 Å². The molecule has 3 rings (SSSR count). The Labute approximate surface area is 99.9 Å². The van der Waals surface area contributed by atoms with E-state index in [0.717, 1.165) is 10.8 Å². The van der Waals surface area contributed by atoms with Crippen LogP contribution in [-0.4, -0.2) is 11.1 Å². The first-order valence-electron chi connectivity index (χ1n) is 5.79. The van der Waals surface area contributed by atoms with Gasteiger partial charge in [0.2, 0.25) is 0 Å². The molecule has 0 aliphatic heterocycles. The molecule has 1 aliphatic carbocycles. The molecular weight excluding hydrogens is 217 g/mol. The monoisotopic (exact) mass is 233 g/mol. The molecule has 0 radical (unpaired) electrons. The van der Waals surface area contributed by atoms with E-state index in [9.17, 15) is 4.39 Å². The first-order valence-corrected chi connectivity index (χ1v) is 5.79. The molecular formula is C14H16FNO. The lowest BCUT2D eigenvalue weighted by molar-refractivity contribution is 0.418. The van der Waals surface area contributed by atoms with Gasteiger partial charge in [0, 0.05) is 6.04 Å². The van der Waals surface area contributed by atoms with Gasteiger partial charge in [0.05, 0.1) is 0 Å². The van der Waals surface area contributed by atoms with E-state index in [4.69, 9.17) is 10.8 Å². The topological polar surface area (TPSA) is 46.2 Å². The Morgan fingerprint density at radius 3 is 2.29 bits per heavy atom. The number of aromatic hydroxyl groups is 1. The van der Waals surface area contributed by atoms with Gasteiger partial charge in [-0.05, 0) is 47.9 Å². The average Bonchev–Trinajstić information content (AvgIpc) is 2.26. The van der Waals surface area contributed by atoms with E-state index >= 15 is 0 Å². The molecule has 0 spiro atoms. The number of nitrogens with two attached hydrogens (primary N) is 1. The standard InChI is InChI=1S/C10H7FO.C4H9N/c11-9-3-1-7-2-4-10(12)6-8(7)5-9;5-4-2-1-3-4/h1-6,12H;4H,1-3,5H2. The predicted molar refractivity (Wildman–Crippen MR) is 67.4 cm³/mol. The third-order valence-electron chi connectivity index (χ3n) is 2.94. The first kappa shape index (κ1) is 11.9. The maximum atomic E-state index is 12.7. The largest absolute Gasteiger partial charge is 0.508 e. The van der Waals surface area contributed by atoms with Crippen LogP contribution in [0, 0.1) is 5.82 Å². The quantitative estimate of drug-likeness (QED) is 0.734. The van der Waals surface area contributed by atoms with E-state index in [1.807, 2.05) is 0 Å². The molecule has 3 heteroatoms. The fourth-order valence-corrected chi connectivity index (χ4v) is 1.64. The number of hydrogen-bond acceptors (Lipinski definition) is 2. The van der Waals surface area contributed by atoms with Crippen LogP contribution < -0.4 is 5.73 Å². The maximum absolute atomic E-state index is 12.7. The van der Waals surface area contributed by atoms with E-state index in [0.29, 0.717) is 6.04 Å². The fourth-order valence-electron chi connectivity index (χ4n) is 1.64. The fraction of sp³-hybridized carbons (Fsp3) is 0.286. The van der Waals surface area contributed by atoms with Crippen LogP contribution in [0.15, 0.2) is 36.4 Å². The molecule has 0 saturated heterocycles. The Kier molecular flexibility index (Phi) is 3.59. The van der Waals surface area contributed by atoms with Crippen molar-refractivity contribution in [2.75, 3.05) is 0 Å². The van der Waals surface area contributed by atoms with Crippen LogP contribution in [0.1, 0.15) is 19.3 Å². The van der Waals surface area contributed by atoms with Crippen molar-refractivity contribution in [3.63, 3.8) is 0 Å². The minimum atomic E-state index is -0.284. The van der Waals surface area contributed by atoms with Gasteiger partial charge in [-0.3, -0.25) is 0 Å². The minimum absolute atomic E-state index is 0.160. The van der Waals surface area contributed by atoms with Gasteiger partial charge >= 0.3 is 0 Å². The zero-order valence-electron chi connectivity index (χ0n) is 9.57. The Hall–Kier alpha value is -1.61. The van der Waals surface area contributed by atoms with Crippen molar-refractivity contribution in [1.29, 1.82) is 0 Å². The molecule has 3 N–H and O–H groups in total. The van der Waals surface area contributed by atoms with Gasteiger partial charge in [-0.15, -0.1) is 0 Å². The van der Waals surface area contributed by atoms with E-state index in [2.05, 4.69) is 0 Å². The van der Waals surface area contributed by atoms with Crippen molar-refractivity contribution >= 4 is 10.8 Å². The molecule has 1 saturated carbocycles. The highest BCUT2D eigenvalue weighted by Gasteiger charge is 2.09. The zero-order chi connectivity index (χ0) is 12.3. The van der Waals surface area contributed by atoms with Crippen LogP contribution in [0.25, 0.3) is 10.8 Å². The highest BCUT2D eigenvalue weighted by Crippen LogP contribution is 2.20. The van der Waals surface area contributed by atoms with Crippen molar-refractivity contribution in [1.82, 2.24) is 0 Å². The van der Waals surface area contributed by atoms with Gasteiger partial charge in [-0.1, -0.05) is 18.6 Å². The van der Waals surface area contributed by atoms with Crippen LogP contribution in [0.2, 0.25) is 0 Å². The van der Waals surface area contributed by atoms with Gasteiger partial charge < -0.3 is 10.8 Å². The van der Waals surface area contributed by atoms with E-state index in [-0.39, 0.29) is 11.6 Å². The van der Waals surface area contributed by atoms with E-state index < -0.39 is 0 Å². The molecule has 90 valence electrons. The zero-order valence-corrected chi connectivity index (χ0v) is 9.57. The predicted octanol–water partition coefficient (Wildman–Crippen LogP) is 3.18. The second-order valence-electron chi connectivity index (χ2n) is 4.37. The van der Waals surface area contributed by atoms with Crippen LogP contribution in [0.4, 0.5) is 4.39 Å². The normalized spacial score (nSPS) is 14.9. The van der Waals surface area contributed by atoms with Crippen LogP contribution in [0.3, 0.4) is 0 Å². The first-order chi connectivity index (χ1) is 8.15. The average molecular weight is 233 g/mol. The van der Waals surface area contributed by atoms with Gasteiger partial charge in [-0.2, -0.15) is 0 Å². The SMILES string of the molecule is NC1CCC1.Oc1ccc2ccc(F)cc2c1. The second-order valence-corrected chi connectivity index (χ2v) is 4.37. The lowest BCUT2D eigenvalue weighted by Crippen LogP contribution is -2.27. The molecule has 0 unspecified atom stereocenters. The highest BCUT2D eigenvalue weighted by atomic mass is 19.1. The van der Waals surface area contributed by atoms with Crippen molar-refractivity contribution in [2.24, 2.45) is 5.73 Å². The molecule has 0 bridgehead atoms.